The first-order valence-corrected chi connectivity index (χ1v) is 9.51. The Bertz CT molecular complexity index is 1090. The lowest BCUT2D eigenvalue weighted by molar-refractivity contribution is 0.103. The van der Waals surface area contributed by atoms with Gasteiger partial charge in [0.1, 0.15) is 5.82 Å². The zero-order valence-electron chi connectivity index (χ0n) is 14.5. The topological polar surface area (TPSA) is 81.1 Å². The number of benzene rings is 2. The number of hydrogen-bond acceptors (Lipinski definition) is 5. The van der Waals surface area contributed by atoms with Crippen LogP contribution in [-0.2, 0) is 10.0 Å². The highest BCUT2D eigenvalue weighted by Gasteiger charge is 2.27. The second-order valence-corrected chi connectivity index (χ2v) is 8.40. The zero-order valence-corrected chi connectivity index (χ0v) is 15.3. The normalized spacial score (nSPS) is 11.9. The lowest BCUT2D eigenvalue weighted by Crippen LogP contribution is -2.23. The summed E-state index contributed by atoms with van der Waals surface area (Å²) in [4.78, 5) is 16.8. The fourth-order valence-corrected chi connectivity index (χ4v) is 3.84. The first-order chi connectivity index (χ1) is 12.3. The highest BCUT2D eigenvalue weighted by atomic mass is 32.2. The van der Waals surface area contributed by atoms with Crippen molar-refractivity contribution in [1.82, 2.24) is 8.96 Å². The lowest BCUT2D eigenvalue weighted by Gasteiger charge is -2.13. The molecule has 136 valence electrons. The van der Waals surface area contributed by atoms with Crippen LogP contribution in [-0.4, -0.2) is 35.5 Å². The van der Waals surface area contributed by atoms with Crippen molar-refractivity contribution in [3.8, 4) is 0 Å². The molecule has 0 radical (unpaired) electrons. The number of nitrogens with zero attached hydrogens (tertiary/aromatic N) is 2. The predicted molar refractivity (Wildman–Crippen MR) is 98.6 cm³/mol. The van der Waals surface area contributed by atoms with Gasteiger partial charge in [-0.15, -0.1) is 0 Å². The number of halogens is 1. The Balaban J connectivity index is 2.29. The van der Waals surface area contributed by atoms with E-state index >= 15 is 0 Å². The summed E-state index contributed by atoms with van der Waals surface area (Å²) >= 11 is 0. The van der Waals surface area contributed by atoms with Crippen LogP contribution in [0.4, 0.5) is 10.3 Å². The number of nitrogens with one attached hydrogen (secondary N) is 1. The molecular formula is C18H18FN3O3S. The lowest BCUT2D eigenvalue weighted by atomic mass is 10.0. The van der Waals surface area contributed by atoms with Crippen molar-refractivity contribution in [2.24, 2.45) is 0 Å². The van der Waals surface area contributed by atoms with Gasteiger partial charge in [-0.05, 0) is 19.9 Å². The molecule has 1 heterocycles. The molecule has 8 heteroatoms. The molecule has 0 aliphatic heterocycles. The Morgan fingerprint density at radius 3 is 2.42 bits per heavy atom. The van der Waals surface area contributed by atoms with Crippen molar-refractivity contribution in [1.29, 1.82) is 0 Å². The molecule has 0 spiro atoms. The molecule has 3 rings (SSSR count). The number of carbonyl (C=O) groups is 1. The van der Waals surface area contributed by atoms with Crippen LogP contribution < -0.4 is 5.32 Å². The highest BCUT2D eigenvalue weighted by Crippen LogP contribution is 2.27. The quantitative estimate of drug-likeness (QED) is 0.693. The number of rotatable bonds is 5. The van der Waals surface area contributed by atoms with Crippen LogP contribution in [0.5, 0.6) is 0 Å². The van der Waals surface area contributed by atoms with Crippen LogP contribution in [0.1, 0.15) is 29.8 Å². The van der Waals surface area contributed by atoms with E-state index in [1.54, 1.807) is 44.2 Å². The van der Waals surface area contributed by atoms with Crippen molar-refractivity contribution >= 4 is 32.8 Å². The maximum Gasteiger partial charge on any atom is 0.244 e. The van der Waals surface area contributed by atoms with E-state index in [0.29, 0.717) is 5.56 Å². The smallest absolute Gasteiger partial charge is 0.244 e. The maximum atomic E-state index is 14.5. The van der Waals surface area contributed by atoms with E-state index in [0.717, 1.165) is 10.0 Å². The standard InChI is InChI=1S/C18H18FN3O3S/c1-11(2)26(24,25)22-16-9-13(17(23)12-7-5-4-6-8-12)14(19)10-15(16)21-18(22)20-3/h4-11H,1-3H3,(H,20,21). The number of ketones is 1. The van der Waals surface area contributed by atoms with Gasteiger partial charge in [0.05, 0.1) is 21.8 Å². The van der Waals surface area contributed by atoms with E-state index < -0.39 is 26.9 Å². The van der Waals surface area contributed by atoms with Crippen LogP contribution in [0.2, 0.25) is 0 Å². The van der Waals surface area contributed by atoms with Gasteiger partial charge in [0.25, 0.3) is 0 Å². The highest BCUT2D eigenvalue weighted by molar-refractivity contribution is 7.90. The number of hydrogen-bond donors (Lipinski definition) is 1. The molecule has 0 aliphatic carbocycles. The molecule has 3 aromatic rings. The van der Waals surface area contributed by atoms with Crippen molar-refractivity contribution < 1.29 is 17.6 Å². The van der Waals surface area contributed by atoms with E-state index in [1.807, 2.05) is 0 Å². The molecule has 6 nitrogen and oxygen atoms in total. The summed E-state index contributed by atoms with van der Waals surface area (Å²) in [5.41, 5.74) is 0.424. The maximum absolute atomic E-state index is 14.5. The number of anilines is 1. The van der Waals surface area contributed by atoms with Gasteiger partial charge < -0.3 is 5.32 Å². The summed E-state index contributed by atoms with van der Waals surface area (Å²) in [6.45, 7) is 3.08. The third-order valence-electron chi connectivity index (χ3n) is 4.06. The van der Waals surface area contributed by atoms with Gasteiger partial charge in [-0.3, -0.25) is 4.79 Å². The van der Waals surface area contributed by atoms with Crippen molar-refractivity contribution in [3.05, 3.63) is 59.4 Å². The number of carbonyl (C=O) groups excluding carboxylic acids is 1. The Labute approximate surface area is 150 Å². The molecule has 1 N–H and O–H groups in total. The molecule has 26 heavy (non-hydrogen) atoms. The second-order valence-electron chi connectivity index (χ2n) is 6.06. The molecule has 0 aliphatic rings. The van der Waals surface area contributed by atoms with Crippen LogP contribution in [0.15, 0.2) is 42.5 Å². The molecule has 1 aromatic heterocycles. The largest absolute Gasteiger partial charge is 0.358 e. The summed E-state index contributed by atoms with van der Waals surface area (Å²) in [6.07, 6.45) is 0. The molecule has 0 fully saturated rings. The SMILES string of the molecule is CNc1nc2cc(F)c(C(=O)c3ccccc3)cc2n1S(=O)(=O)C(C)C. The van der Waals surface area contributed by atoms with E-state index in [1.165, 1.54) is 13.1 Å². The van der Waals surface area contributed by atoms with Crippen LogP contribution >= 0.6 is 0 Å². The summed E-state index contributed by atoms with van der Waals surface area (Å²) in [5.74, 6) is -1.20. The van der Waals surface area contributed by atoms with Crippen molar-refractivity contribution in [2.45, 2.75) is 19.1 Å². The van der Waals surface area contributed by atoms with E-state index in [9.17, 15) is 17.6 Å². The average molecular weight is 375 g/mol. The average Bonchev–Trinajstić information content (AvgIpc) is 2.99. The third-order valence-corrected chi connectivity index (χ3v) is 6.13. The zero-order chi connectivity index (χ0) is 19.1. The van der Waals surface area contributed by atoms with E-state index in [-0.39, 0.29) is 22.5 Å². The Hall–Kier alpha value is -2.74. The minimum Gasteiger partial charge on any atom is -0.358 e. The van der Waals surface area contributed by atoms with E-state index in [2.05, 4.69) is 10.3 Å². The van der Waals surface area contributed by atoms with Gasteiger partial charge >= 0.3 is 0 Å². The van der Waals surface area contributed by atoms with Crippen LogP contribution in [0, 0.1) is 5.82 Å². The van der Waals surface area contributed by atoms with Gasteiger partial charge in [-0.1, -0.05) is 30.3 Å². The van der Waals surface area contributed by atoms with Crippen LogP contribution in [0.3, 0.4) is 0 Å². The van der Waals surface area contributed by atoms with Gasteiger partial charge in [-0.2, -0.15) is 0 Å². The Morgan fingerprint density at radius 2 is 1.85 bits per heavy atom. The Kier molecular flexibility index (Phi) is 4.53. The molecule has 0 saturated carbocycles. The van der Waals surface area contributed by atoms with Gasteiger partial charge in [0.15, 0.2) is 5.78 Å². The summed E-state index contributed by atoms with van der Waals surface area (Å²) < 4.78 is 41.0. The van der Waals surface area contributed by atoms with Gasteiger partial charge in [0.2, 0.25) is 16.0 Å². The number of imidazole rings is 1. The third kappa shape index (κ3) is 2.86. The second kappa shape index (κ2) is 6.53. The number of aromatic nitrogens is 2. The predicted octanol–water partition coefficient (Wildman–Crippen LogP) is 3.03. The van der Waals surface area contributed by atoms with E-state index in [4.69, 9.17) is 0 Å². The van der Waals surface area contributed by atoms with Crippen LogP contribution in [0.25, 0.3) is 11.0 Å². The molecule has 0 saturated heterocycles. The van der Waals surface area contributed by atoms with Gasteiger partial charge in [0, 0.05) is 18.7 Å². The van der Waals surface area contributed by atoms with Gasteiger partial charge in [-0.25, -0.2) is 21.8 Å². The number of fused-ring (bicyclic) bond motifs is 1. The first-order valence-electron chi connectivity index (χ1n) is 8.01. The fraction of sp³-hybridized carbons (Fsp3) is 0.222. The monoisotopic (exact) mass is 375 g/mol. The molecule has 2 aromatic carbocycles. The minimum atomic E-state index is -3.76. The summed E-state index contributed by atoms with van der Waals surface area (Å²) in [5, 5.41) is 1.99. The minimum absolute atomic E-state index is 0.0670. The fourth-order valence-electron chi connectivity index (χ4n) is 2.62. The first kappa shape index (κ1) is 18.1. The Morgan fingerprint density at radius 1 is 1.19 bits per heavy atom. The van der Waals surface area contributed by atoms with Crippen molar-refractivity contribution in [3.63, 3.8) is 0 Å². The molecular weight excluding hydrogens is 357 g/mol. The van der Waals surface area contributed by atoms with Crippen molar-refractivity contribution in [2.75, 3.05) is 12.4 Å². The molecule has 0 atom stereocenters. The molecule has 0 amide bonds. The summed E-state index contributed by atoms with van der Waals surface area (Å²) in [6, 6.07) is 10.6. The molecule has 0 bridgehead atoms. The molecule has 0 unspecified atom stereocenters. The summed E-state index contributed by atoms with van der Waals surface area (Å²) in [7, 11) is -2.24.